The van der Waals surface area contributed by atoms with Gasteiger partial charge < -0.3 is 10.8 Å². The van der Waals surface area contributed by atoms with E-state index in [1.807, 2.05) is 0 Å². The highest BCUT2D eigenvalue weighted by molar-refractivity contribution is 9.11. The normalized spacial score (nSPS) is 10.8. The molecule has 10 heteroatoms. The number of hydrogen-bond acceptors (Lipinski definition) is 5. The fourth-order valence-corrected chi connectivity index (χ4v) is 2.41. The summed E-state index contributed by atoms with van der Waals surface area (Å²) in [5.41, 5.74) is 5.97. The molecule has 0 radical (unpaired) electrons. The number of nitrogens with two attached hydrogens (primary N) is 1. The van der Waals surface area contributed by atoms with Gasteiger partial charge in [-0.05, 0) is 37.9 Å². The van der Waals surface area contributed by atoms with Crippen LogP contribution in [-0.4, -0.2) is 22.6 Å². The number of hydrazone groups is 1. The Kier molecular flexibility index (Phi) is 5.18. The Labute approximate surface area is 129 Å². The van der Waals surface area contributed by atoms with Gasteiger partial charge in [0.15, 0.2) is 11.7 Å². The first kappa shape index (κ1) is 16.1. The number of nitrogens with one attached hydrogen (secondary N) is 2. The second kappa shape index (κ2) is 6.44. The van der Waals surface area contributed by atoms with Gasteiger partial charge in [0.25, 0.3) is 0 Å². The van der Waals surface area contributed by atoms with Gasteiger partial charge >= 0.3 is 5.97 Å². The predicted molar refractivity (Wildman–Crippen MR) is 77.3 cm³/mol. The van der Waals surface area contributed by atoms with Gasteiger partial charge in [0.2, 0.25) is 5.71 Å². The highest BCUT2D eigenvalue weighted by Crippen LogP contribution is 2.33. The number of aromatic carboxylic acids is 1. The molecule has 1 aromatic rings. The van der Waals surface area contributed by atoms with Crippen LogP contribution in [-0.2, 0) is 0 Å². The molecule has 0 fully saturated rings. The Morgan fingerprint density at radius 2 is 2.15 bits per heavy atom. The molecular formula is C10H6Br2FN5O2. The number of rotatable bonds is 4. The average Bonchev–Trinajstić information content (AvgIpc) is 2.34. The number of nitriles is 1. The number of carboxylic acids is 1. The predicted octanol–water partition coefficient (Wildman–Crippen LogP) is 2.28. The summed E-state index contributed by atoms with van der Waals surface area (Å²) in [6, 6.07) is 2.82. The minimum absolute atomic E-state index is 0.0524. The van der Waals surface area contributed by atoms with Crippen molar-refractivity contribution in [3.8, 4) is 6.07 Å². The summed E-state index contributed by atoms with van der Waals surface area (Å²) >= 11 is 5.93. The molecule has 7 nitrogen and oxygen atoms in total. The lowest BCUT2D eigenvalue weighted by Crippen LogP contribution is -2.22. The van der Waals surface area contributed by atoms with Gasteiger partial charge in [-0.3, -0.25) is 10.8 Å². The van der Waals surface area contributed by atoms with E-state index >= 15 is 0 Å². The van der Waals surface area contributed by atoms with E-state index in [9.17, 15) is 9.18 Å². The third kappa shape index (κ3) is 3.31. The van der Waals surface area contributed by atoms with E-state index in [4.69, 9.17) is 21.5 Å². The van der Waals surface area contributed by atoms with Crippen LogP contribution in [0.3, 0.4) is 0 Å². The lowest BCUT2D eigenvalue weighted by atomic mass is 10.1. The lowest BCUT2D eigenvalue weighted by Gasteiger charge is -2.10. The van der Waals surface area contributed by atoms with Crippen LogP contribution in [0.2, 0.25) is 0 Å². The molecule has 0 aliphatic carbocycles. The highest BCUT2D eigenvalue weighted by atomic mass is 79.9. The van der Waals surface area contributed by atoms with Crippen LogP contribution in [0.25, 0.3) is 0 Å². The average molecular weight is 407 g/mol. The number of anilines is 1. The van der Waals surface area contributed by atoms with Crippen molar-refractivity contribution in [1.82, 2.24) is 0 Å². The number of nitrogens with zero attached hydrogens (tertiary/aromatic N) is 2. The van der Waals surface area contributed by atoms with Crippen LogP contribution in [0.1, 0.15) is 10.4 Å². The van der Waals surface area contributed by atoms with E-state index in [-0.39, 0.29) is 14.6 Å². The summed E-state index contributed by atoms with van der Waals surface area (Å²) in [7, 11) is 0. The number of carbonyl (C=O) groups is 1. The first-order valence-electron chi connectivity index (χ1n) is 4.78. The third-order valence-corrected chi connectivity index (χ3v) is 3.23. The second-order valence-corrected chi connectivity index (χ2v) is 5.02. The molecule has 5 N–H and O–H groups in total. The molecule has 0 aromatic heterocycles. The topological polar surface area (TPSA) is 135 Å². The highest BCUT2D eigenvalue weighted by Gasteiger charge is 2.22. The number of benzene rings is 1. The number of carboxylic acid groups (broad SMARTS) is 1. The lowest BCUT2D eigenvalue weighted by molar-refractivity contribution is 0.0692. The van der Waals surface area contributed by atoms with Crippen molar-refractivity contribution in [3.63, 3.8) is 0 Å². The zero-order valence-electron chi connectivity index (χ0n) is 9.54. The van der Waals surface area contributed by atoms with Crippen LogP contribution in [0.4, 0.5) is 10.1 Å². The molecule has 0 atom stereocenters. The van der Waals surface area contributed by atoms with Crippen LogP contribution < -0.4 is 11.2 Å². The van der Waals surface area contributed by atoms with E-state index in [0.29, 0.717) is 0 Å². The number of hydrogen-bond donors (Lipinski definition) is 4. The van der Waals surface area contributed by atoms with Gasteiger partial charge in [0, 0.05) is 4.47 Å². The molecule has 1 aromatic carbocycles. The van der Waals surface area contributed by atoms with E-state index in [1.165, 1.54) is 12.1 Å². The first-order chi connectivity index (χ1) is 9.29. The van der Waals surface area contributed by atoms with Gasteiger partial charge in [0.1, 0.15) is 11.6 Å². The minimum atomic E-state index is -1.52. The third-order valence-electron chi connectivity index (χ3n) is 2.03. The molecule has 0 aliphatic rings. The van der Waals surface area contributed by atoms with Crippen molar-refractivity contribution in [1.29, 1.82) is 10.7 Å². The molecule has 1 rings (SSSR count). The van der Waals surface area contributed by atoms with Gasteiger partial charge in [-0.2, -0.15) is 10.4 Å². The van der Waals surface area contributed by atoms with Gasteiger partial charge in [-0.15, -0.1) is 0 Å². The van der Waals surface area contributed by atoms with Crippen molar-refractivity contribution in [2.75, 3.05) is 5.43 Å². The molecule has 20 heavy (non-hydrogen) atoms. The van der Waals surface area contributed by atoms with Crippen molar-refractivity contribution in [2.24, 2.45) is 10.8 Å². The molecule has 0 amide bonds. The Morgan fingerprint density at radius 1 is 1.55 bits per heavy atom. The second-order valence-electron chi connectivity index (χ2n) is 3.31. The quantitative estimate of drug-likeness (QED) is 0.263. The van der Waals surface area contributed by atoms with Gasteiger partial charge in [0.05, 0.1) is 10.2 Å². The van der Waals surface area contributed by atoms with E-state index < -0.39 is 28.9 Å². The van der Waals surface area contributed by atoms with Crippen molar-refractivity contribution < 1.29 is 14.3 Å². The molecule has 0 bridgehead atoms. The van der Waals surface area contributed by atoms with Crippen LogP contribution in [0.15, 0.2) is 20.1 Å². The van der Waals surface area contributed by atoms with Crippen LogP contribution in [0, 0.1) is 22.6 Å². The molecular weight excluding hydrogens is 401 g/mol. The molecule has 0 unspecified atom stereocenters. The van der Waals surface area contributed by atoms with Crippen molar-refractivity contribution >= 4 is 55.1 Å². The van der Waals surface area contributed by atoms with Crippen molar-refractivity contribution in [2.45, 2.75) is 0 Å². The fraction of sp³-hybridized carbons (Fsp3) is 0. The van der Waals surface area contributed by atoms with Gasteiger partial charge in [-0.1, -0.05) is 0 Å². The van der Waals surface area contributed by atoms with E-state index in [0.717, 1.165) is 0 Å². The molecule has 0 spiro atoms. The number of amidine groups is 1. The SMILES string of the molecule is N#C/C(=N\Nc1c(Br)cc(Br)c(F)c1C(=O)O)C(=N)N. The van der Waals surface area contributed by atoms with Crippen LogP contribution in [0.5, 0.6) is 0 Å². The first-order valence-corrected chi connectivity index (χ1v) is 6.37. The summed E-state index contributed by atoms with van der Waals surface area (Å²) in [6.07, 6.45) is 0. The Hall–Kier alpha value is -1.99. The molecule has 0 aliphatic heterocycles. The summed E-state index contributed by atoms with van der Waals surface area (Å²) in [5.74, 6) is -3.13. The summed E-state index contributed by atoms with van der Waals surface area (Å²) < 4.78 is 13.9. The zero-order valence-corrected chi connectivity index (χ0v) is 12.7. The molecule has 104 valence electrons. The fourth-order valence-electron chi connectivity index (χ4n) is 1.16. The van der Waals surface area contributed by atoms with Crippen LogP contribution >= 0.6 is 31.9 Å². The Morgan fingerprint density at radius 3 is 2.60 bits per heavy atom. The Balaban J connectivity index is 3.40. The van der Waals surface area contributed by atoms with E-state index in [2.05, 4.69) is 42.4 Å². The monoisotopic (exact) mass is 405 g/mol. The van der Waals surface area contributed by atoms with E-state index in [1.54, 1.807) is 0 Å². The standard InChI is InChI=1S/C10H6Br2FN5O2/c11-3-1-4(12)8(6(7(3)13)10(19)20)18-17-5(2-14)9(15)16/h1,18H,(H3,15,16)(H,19,20)/b17-5+. The molecule has 0 heterocycles. The molecule has 0 saturated heterocycles. The maximum absolute atomic E-state index is 13.8. The maximum Gasteiger partial charge on any atom is 0.340 e. The summed E-state index contributed by atoms with van der Waals surface area (Å²) in [6.45, 7) is 0. The smallest absolute Gasteiger partial charge is 0.340 e. The van der Waals surface area contributed by atoms with Gasteiger partial charge in [-0.25, -0.2) is 9.18 Å². The molecule has 0 saturated carbocycles. The number of halogens is 3. The maximum atomic E-state index is 13.8. The Bertz CT molecular complexity index is 669. The largest absolute Gasteiger partial charge is 0.478 e. The summed E-state index contributed by atoms with van der Waals surface area (Å²) in [4.78, 5) is 11.1. The zero-order chi connectivity index (χ0) is 15.4. The minimum Gasteiger partial charge on any atom is -0.478 e. The van der Waals surface area contributed by atoms with Crippen molar-refractivity contribution in [3.05, 3.63) is 26.4 Å². The summed E-state index contributed by atoms with van der Waals surface area (Å²) in [5, 5.41) is 28.2.